The topological polar surface area (TPSA) is 12.0 Å². The van der Waals surface area contributed by atoms with Gasteiger partial charge in [-0.1, -0.05) is 18.2 Å². The number of nitrogens with one attached hydrogen (secondary N) is 1. The molecule has 0 bridgehead atoms. The number of thiophene rings is 1. The zero-order valence-corrected chi connectivity index (χ0v) is 9.24. The van der Waals surface area contributed by atoms with Crippen LogP contribution in [0.25, 0.3) is 0 Å². The molecule has 0 spiro atoms. The monoisotopic (exact) mass is 215 g/mol. The van der Waals surface area contributed by atoms with Crippen molar-refractivity contribution in [2.24, 2.45) is 0 Å². The molecule has 13 heavy (non-hydrogen) atoms. The van der Waals surface area contributed by atoms with Crippen LogP contribution in [0.4, 0.5) is 0 Å². The molecule has 0 aromatic carbocycles. The molecular weight excluding hydrogens is 202 g/mol. The molecule has 0 aliphatic rings. The normalized spacial score (nSPS) is 13.7. The summed E-state index contributed by atoms with van der Waals surface area (Å²) in [5.41, 5.74) is 0. The minimum absolute atomic E-state index is 0.431. The van der Waals surface area contributed by atoms with Crippen molar-refractivity contribution in [1.29, 1.82) is 0 Å². The van der Waals surface area contributed by atoms with Gasteiger partial charge in [0.15, 0.2) is 0 Å². The first-order chi connectivity index (χ1) is 6.34. The van der Waals surface area contributed by atoms with Crippen LogP contribution >= 0.6 is 22.9 Å². The lowest BCUT2D eigenvalue weighted by Crippen LogP contribution is -2.17. The lowest BCUT2D eigenvalue weighted by atomic mass is 10.3. The Morgan fingerprint density at radius 3 is 3.08 bits per heavy atom. The van der Waals surface area contributed by atoms with E-state index in [-0.39, 0.29) is 0 Å². The summed E-state index contributed by atoms with van der Waals surface area (Å²) in [6, 6.07) is 4.65. The summed E-state index contributed by atoms with van der Waals surface area (Å²) in [5, 5.41) is 5.48. The average Bonchev–Trinajstić information content (AvgIpc) is 2.65. The molecular formula is C10H14ClNS. The van der Waals surface area contributed by atoms with Gasteiger partial charge < -0.3 is 5.32 Å². The quantitative estimate of drug-likeness (QED) is 0.588. The van der Waals surface area contributed by atoms with Crippen LogP contribution in [-0.4, -0.2) is 12.4 Å². The summed E-state index contributed by atoms with van der Waals surface area (Å²) in [6.07, 6.45) is 4.01. The van der Waals surface area contributed by atoms with E-state index in [0.29, 0.717) is 11.9 Å². The Hall–Kier alpha value is -0.310. The van der Waals surface area contributed by atoms with Crippen molar-refractivity contribution in [2.75, 3.05) is 12.4 Å². The summed E-state index contributed by atoms with van der Waals surface area (Å²) >= 11 is 7.29. The Balaban J connectivity index is 2.26. The number of allylic oxidation sites excluding steroid dienone is 1. The summed E-state index contributed by atoms with van der Waals surface area (Å²) < 4.78 is 0. The van der Waals surface area contributed by atoms with E-state index in [4.69, 9.17) is 11.6 Å². The van der Waals surface area contributed by atoms with Crippen LogP contribution < -0.4 is 5.32 Å². The van der Waals surface area contributed by atoms with Gasteiger partial charge in [0, 0.05) is 23.3 Å². The van der Waals surface area contributed by atoms with Gasteiger partial charge in [-0.2, -0.15) is 0 Å². The first-order valence-electron chi connectivity index (χ1n) is 4.32. The fraction of sp³-hybridized carbons (Fsp3) is 0.400. The van der Waals surface area contributed by atoms with Gasteiger partial charge in [0.05, 0.1) is 0 Å². The summed E-state index contributed by atoms with van der Waals surface area (Å²) in [5.74, 6) is 0.592. The minimum Gasteiger partial charge on any atom is -0.306 e. The summed E-state index contributed by atoms with van der Waals surface area (Å²) in [7, 11) is 0. The summed E-state index contributed by atoms with van der Waals surface area (Å²) in [6.45, 7) is 3.05. The maximum atomic E-state index is 5.50. The van der Waals surface area contributed by atoms with Crippen LogP contribution in [0.1, 0.15) is 17.8 Å². The Kier molecular flexibility index (Phi) is 5.13. The Morgan fingerprint density at radius 2 is 2.46 bits per heavy atom. The van der Waals surface area contributed by atoms with Crippen molar-refractivity contribution < 1.29 is 0 Å². The molecule has 0 aliphatic carbocycles. The SMILES string of the molecule is CC(NC/C=C/CCl)c1cccs1. The van der Waals surface area contributed by atoms with E-state index in [1.807, 2.05) is 6.08 Å². The second-order valence-electron chi connectivity index (χ2n) is 2.77. The van der Waals surface area contributed by atoms with Gasteiger partial charge in [-0.3, -0.25) is 0 Å². The van der Waals surface area contributed by atoms with Crippen molar-refractivity contribution >= 4 is 22.9 Å². The van der Waals surface area contributed by atoms with Gasteiger partial charge in [0.25, 0.3) is 0 Å². The van der Waals surface area contributed by atoms with Crippen molar-refractivity contribution in [3.63, 3.8) is 0 Å². The Morgan fingerprint density at radius 1 is 1.62 bits per heavy atom. The molecule has 0 radical (unpaired) electrons. The highest BCUT2D eigenvalue weighted by molar-refractivity contribution is 7.10. The second-order valence-corrected chi connectivity index (χ2v) is 4.06. The average molecular weight is 216 g/mol. The van der Waals surface area contributed by atoms with Crippen LogP contribution in [0, 0.1) is 0 Å². The van der Waals surface area contributed by atoms with Crippen LogP contribution in [0.3, 0.4) is 0 Å². The predicted molar refractivity (Wildman–Crippen MR) is 60.6 cm³/mol. The van der Waals surface area contributed by atoms with E-state index in [1.54, 1.807) is 11.3 Å². The first kappa shape index (κ1) is 10.8. The molecule has 1 unspecified atom stereocenters. The zero-order chi connectivity index (χ0) is 9.52. The van der Waals surface area contributed by atoms with Gasteiger partial charge in [-0.25, -0.2) is 0 Å². The molecule has 0 aliphatic heterocycles. The highest BCUT2D eigenvalue weighted by Gasteiger charge is 2.02. The molecule has 1 nitrogen and oxygen atoms in total. The molecule has 1 rings (SSSR count). The number of rotatable bonds is 5. The molecule has 3 heteroatoms. The standard InChI is InChI=1S/C10H14ClNS/c1-9(10-5-4-8-13-10)12-7-3-2-6-11/h2-5,8-9,12H,6-7H2,1H3/b3-2+. The van der Waals surface area contributed by atoms with Gasteiger partial charge >= 0.3 is 0 Å². The third-order valence-corrected chi connectivity index (χ3v) is 3.00. The van der Waals surface area contributed by atoms with Crippen molar-refractivity contribution in [3.05, 3.63) is 34.5 Å². The third kappa shape index (κ3) is 3.94. The zero-order valence-electron chi connectivity index (χ0n) is 7.66. The molecule has 0 amide bonds. The van der Waals surface area contributed by atoms with Gasteiger partial charge in [0.2, 0.25) is 0 Å². The van der Waals surface area contributed by atoms with Crippen molar-refractivity contribution in [2.45, 2.75) is 13.0 Å². The van der Waals surface area contributed by atoms with Crippen LogP contribution in [0.2, 0.25) is 0 Å². The van der Waals surface area contributed by atoms with Crippen LogP contribution in [0.5, 0.6) is 0 Å². The first-order valence-corrected chi connectivity index (χ1v) is 5.73. The van der Waals surface area contributed by atoms with Gasteiger partial charge in [-0.05, 0) is 18.4 Å². The molecule has 1 aromatic heterocycles. The summed E-state index contributed by atoms with van der Waals surface area (Å²) in [4.78, 5) is 1.37. The highest BCUT2D eigenvalue weighted by Crippen LogP contribution is 2.17. The number of alkyl halides is 1. The van der Waals surface area contributed by atoms with E-state index in [1.165, 1.54) is 4.88 Å². The van der Waals surface area contributed by atoms with E-state index < -0.39 is 0 Å². The molecule has 72 valence electrons. The molecule has 1 atom stereocenters. The number of hydrogen-bond donors (Lipinski definition) is 1. The largest absolute Gasteiger partial charge is 0.306 e. The maximum Gasteiger partial charge on any atom is 0.0404 e. The van der Waals surface area contributed by atoms with E-state index in [2.05, 4.69) is 35.8 Å². The van der Waals surface area contributed by atoms with Crippen molar-refractivity contribution in [3.8, 4) is 0 Å². The lowest BCUT2D eigenvalue weighted by Gasteiger charge is -2.09. The molecule has 1 aromatic rings. The second kappa shape index (κ2) is 6.19. The van der Waals surface area contributed by atoms with Crippen LogP contribution in [-0.2, 0) is 0 Å². The van der Waals surface area contributed by atoms with E-state index >= 15 is 0 Å². The van der Waals surface area contributed by atoms with E-state index in [0.717, 1.165) is 6.54 Å². The third-order valence-electron chi connectivity index (χ3n) is 1.77. The molecule has 0 saturated carbocycles. The van der Waals surface area contributed by atoms with Crippen LogP contribution in [0.15, 0.2) is 29.7 Å². The van der Waals surface area contributed by atoms with Gasteiger partial charge in [0.1, 0.15) is 0 Å². The molecule has 0 saturated heterocycles. The Bertz CT molecular complexity index is 243. The Labute approximate surface area is 88.4 Å². The maximum absolute atomic E-state index is 5.50. The fourth-order valence-corrected chi connectivity index (χ4v) is 1.91. The lowest BCUT2D eigenvalue weighted by molar-refractivity contribution is 0.627. The predicted octanol–water partition coefficient (Wildman–Crippen LogP) is 3.19. The molecule has 0 fully saturated rings. The van der Waals surface area contributed by atoms with Crippen molar-refractivity contribution in [1.82, 2.24) is 5.32 Å². The molecule has 1 N–H and O–H groups in total. The minimum atomic E-state index is 0.431. The smallest absolute Gasteiger partial charge is 0.0404 e. The van der Waals surface area contributed by atoms with Gasteiger partial charge in [-0.15, -0.1) is 22.9 Å². The fourth-order valence-electron chi connectivity index (χ4n) is 1.03. The highest BCUT2D eigenvalue weighted by atomic mass is 35.5. The number of hydrogen-bond acceptors (Lipinski definition) is 2. The number of halogens is 1. The van der Waals surface area contributed by atoms with E-state index in [9.17, 15) is 0 Å². The molecule has 1 heterocycles.